The Morgan fingerprint density at radius 2 is 2.00 bits per heavy atom. The van der Waals surface area contributed by atoms with Crippen LogP contribution in [0.25, 0.3) is 10.1 Å². The number of nitrogens with two attached hydrogens (primary N) is 1. The van der Waals surface area contributed by atoms with Crippen LogP contribution in [-0.2, 0) is 0 Å². The molecule has 4 heteroatoms. The summed E-state index contributed by atoms with van der Waals surface area (Å²) < 4.78 is 15.7. The highest BCUT2D eigenvalue weighted by atomic mass is 79.9. The van der Waals surface area contributed by atoms with Crippen LogP contribution in [-0.4, -0.2) is 0 Å². The molecule has 0 aliphatic rings. The Morgan fingerprint density at radius 1 is 1.20 bits per heavy atom. The van der Waals surface area contributed by atoms with Crippen molar-refractivity contribution in [2.24, 2.45) is 5.73 Å². The highest BCUT2D eigenvalue weighted by molar-refractivity contribution is 9.10. The van der Waals surface area contributed by atoms with Crippen LogP contribution in [0.15, 0.2) is 46.3 Å². The molecule has 1 unspecified atom stereocenters. The number of benzene rings is 2. The van der Waals surface area contributed by atoms with E-state index in [0.29, 0.717) is 0 Å². The van der Waals surface area contributed by atoms with Gasteiger partial charge in [-0.2, -0.15) is 0 Å². The molecule has 20 heavy (non-hydrogen) atoms. The zero-order chi connectivity index (χ0) is 14.3. The SMILES string of the molecule is Cc1ccc(F)cc1C(N)c1csc2c(Br)cccc12. The van der Waals surface area contributed by atoms with Gasteiger partial charge in [-0.3, -0.25) is 0 Å². The summed E-state index contributed by atoms with van der Waals surface area (Å²) in [7, 11) is 0. The van der Waals surface area contributed by atoms with E-state index < -0.39 is 0 Å². The Kier molecular flexibility index (Phi) is 3.63. The second kappa shape index (κ2) is 5.28. The number of aryl methyl sites for hydroxylation is 1. The minimum absolute atomic E-state index is 0.248. The second-order valence-corrected chi connectivity index (χ2v) is 6.52. The van der Waals surface area contributed by atoms with Crippen molar-refractivity contribution in [1.82, 2.24) is 0 Å². The summed E-state index contributed by atoms with van der Waals surface area (Å²) in [5.74, 6) is -0.248. The topological polar surface area (TPSA) is 26.0 Å². The number of thiophene rings is 1. The molecule has 0 aliphatic carbocycles. The van der Waals surface area contributed by atoms with Crippen LogP contribution in [0.4, 0.5) is 4.39 Å². The Bertz CT molecular complexity index is 781. The summed E-state index contributed by atoms with van der Waals surface area (Å²) in [6.07, 6.45) is 0. The number of rotatable bonds is 2. The molecule has 0 saturated heterocycles. The van der Waals surface area contributed by atoms with Crippen LogP contribution in [0.1, 0.15) is 22.7 Å². The van der Waals surface area contributed by atoms with Gasteiger partial charge in [0.05, 0.1) is 6.04 Å². The fraction of sp³-hybridized carbons (Fsp3) is 0.125. The van der Waals surface area contributed by atoms with E-state index in [-0.39, 0.29) is 11.9 Å². The van der Waals surface area contributed by atoms with Crippen LogP contribution >= 0.6 is 27.3 Å². The predicted molar refractivity (Wildman–Crippen MR) is 86.7 cm³/mol. The molecule has 0 bridgehead atoms. The lowest BCUT2D eigenvalue weighted by Gasteiger charge is -2.14. The Balaban J connectivity index is 2.15. The van der Waals surface area contributed by atoms with Gasteiger partial charge in [-0.15, -0.1) is 11.3 Å². The lowest BCUT2D eigenvalue weighted by Crippen LogP contribution is -2.13. The van der Waals surface area contributed by atoms with Crippen LogP contribution in [0, 0.1) is 12.7 Å². The van der Waals surface area contributed by atoms with Crippen molar-refractivity contribution in [3.05, 3.63) is 68.8 Å². The smallest absolute Gasteiger partial charge is 0.123 e. The third-order valence-corrected chi connectivity index (χ3v) is 5.46. The molecule has 2 N–H and O–H groups in total. The summed E-state index contributed by atoms with van der Waals surface area (Å²) in [6, 6.07) is 10.5. The first kappa shape index (κ1) is 13.7. The lowest BCUT2D eigenvalue weighted by atomic mass is 9.95. The third kappa shape index (κ3) is 2.28. The molecule has 0 radical (unpaired) electrons. The third-order valence-electron chi connectivity index (χ3n) is 3.49. The van der Waals surface area contributed by atoms with Crippen molar-refractivity contribution in [2.75, 3.05) is 0 Å². The Morgan fingerprint density at radius 3 is 2.80 bits per heavy atom. The summed E-state index contributed by atoms with van der Waals surface area (Å²) >= 11 is 5.20. The van der Waals surface area contributed by atoms with Gasteiger partial charge in [0.15, 0.2) is 0 Å². The maximum absolute atomic E-state index is 13.5. The first-order valence-electron chi connectivity index (χ1n) is 6.25. The van der Waals surface area contributed by atoms with Gasteiger partial charge in [-0.05, 0) is 68.5 Å². The highest BCUT2D eigenvalue weighted by Gasteiger charge is 2.17. The summed E-state index contributed by atoms with van der Waals surface area (Å²) in [4.78, 5) is 0. The zero-order valence-corrected chi connectivity index (χ0v) is 13.3. The molecule has 1 nitrogen and oxygen atoms in total. The fourth-order valence-electron chi connectivity index (χ4n) is 2.40. The van der Waals surface area contributed by atoms with Gasteiger partial charge < -0.3 is 5.73 Å². The molecule has 1 heterocycles. The molecule has 0 amide bonds. The quantitative estimate of drug-likeness (QED) is 0.679. The normalized spacial score (nSPS) is 12.8. The van der Waals surface area contributed by atoms with E-state index in [1.165, 1.54) is 16.8 Å². The minimum atomic E-state index is -0.311. The second-order valence-electron chi connectivity index (χ2n) is 4.79. The molecule has 0 saturated carbocycles. The van der Waals surface area contributed by atoms with Crippen molar-refractivity contribution < 1.29 is 4.39 Å². The maximum Gasteiger partial charge on any atom is 0.123 e. The van der Waals surface area contributed by atoms with Crippen LogP contribution < -0.4 is 5.73 Å². The van der Waals surface area contributed by atoms with Gasteiger partial charge in [0.1, 0.15) is 5.82 Å². The maximum atomic E-state index is 13.5. The van der Waals surface area contributed by atoms with Crippen LogP contribution in [0.5, 0.6) is 0 Å². The summed E-state index contributed by atoms with van der Waals surface area (Å²) in [5.41, 5.74) is 9.26. The Hall–Kier alpha value is -1.23. The van der Waals surface area contributed by atoms with Crippen molar-refractivity contribution in [3.8, 4) is 0 Å². The van der Waals surface area contributed by atoms with Crippen molar-refractivity contribution in [2.45, 2.75) is 13.0 Å². The van der Waals surface area contributed by atoms with Gasteiger partial charge in [-0.1, -0.05) is 18.2 Å². The first-order valence-corrected chi connectivity index (χ1v) is 7.92. The monoisotopic (exact) mass is 349 g/mol. The fourth-order valence-corrected chi connectivity index (χ4v) is 4.06. The average molecular weight is 350 g/mol. The molecule has 3 aromatic rings. The molecular weight excluding hydrogens is 337 g/mol. The van der Waals surface area contributed by atoms with Crippen molar-refractivity contribution >= 4 is 37.4 Å². The molecule has 0 spiro atoms. The molecular formula is C16H13BrFNS. The average Bonchev–Trinajstić information content (AvgIpc) is 2.86. The Labute approximate surface area is 129 Å². The summed E-state index contributed by atoms with van der Waals surface area (Å²) in [5, 5.41) is 3.19. The van der Waals surface area contributed by atoms with Crippen LogP contribution in [0.2, 0.25) is 0 Å². The van der Waals surface area contributed by atoms with Gasteiger partial charge in [0.25, 0.3) is 0 Å². The van der Waals surface area contributed by atoms with E-state index >= 15 is 0 Å². The molecule has 2 aromatic carbocycles. The highest BCUT2D eigenvalue weighted by Crippen LogP contribution is 2.37. The molecule has 1 atom stereocenters. The standard InChI is InChI=1S/C16H13BrFNS/c1-9-5-6-10(18)7-12(9)15(19)13-8-20-16-11(13)3-2-4-14(16)17/h2-8,15H,19H2,1H3. The molecule has 0 fully saturated rings. The van der Waals surface area contributed by atoms with E-state index in [4.69, 9.17) is 5.73 Å². The van der Waals surface area contributed by atoms with E-state index in [2.05, 4.69) is 27.4 Å². The van der Waals surface area contributed by atoms with Crippen molar-refractivity contribution in [3.63, 3.8) is 0 Å². The first-order chi connectivity index (χ1) is 9.58. The molecule has 102 valence electrons. The zero-order valence-electron chi connectivity index (χ0n) is 10.9. The van der Waals surface area contributed by atoms with Gasteiger partial charge in [-0.25, -0.2) is 4.39 Å². The predicted octanol–water partition coefficient (Wildman–Crippen LogP) is 5.16. The number of halogens is 2. The summed E-state index contributed by atoms with van der Waals surface area (Å²) in [6.45, 7) is 1.96. The number of hydrogen-bond donors (Lipinski definition) is 1. The molecule has 1 aromatic heterocycles. The number of hydrogen-bond acceptors (Lipinski definition) is 2. The number of fused-ring (bicyclic) bond motifs is 1. The van der Waals surface area contributed by atoms with Gasteiger partial charge in [0, 0.05) is 9.17 Å². The van der Waals surface area contributed by atoms with Gasteiger partial charge >= 0.3 is 0 Å². The van der Waals surface area contributed by atoms with E-state index in [1.807, 2.05) is 19.1 Å². The minimum Gasteiger partial charge on any atom is -0.320 e. The van der Waals surface area contributed by atoms with E-state index in [1.54, 1.807) is 17.4 Å². The molecule has 3 rings (SSSR count). The van der Waals surface area contributed by atoms with E-state index in [0.717, 1.165) is 26.5 Å². The molecule has 0 aliphatic heterocycles. The van der Waals surface area contributed by atoms with Gasteiger partial charge in [0.2, 0.25) is 0 Å². The van der Waals surface area contributed by atoms with Crippen LogP contribution in [0.3, 0.4) is 0 Å². The van der Waals surface area contributed by atoms with E-state index in [9.17, 15) is 4.39 Å². The lowest BCUT2D eigenvalue weighted by molar-refractivity contribution is 0.623. The van der Waals surface area contributed by atoms with Crippen molar-refractivity contribution in [1.29, 1.82) is 0 Å². The largest absolute Gasteiger partial charge is 0.320 e.